The number of phosphoric acid groups is 2. The number of phosphoric ester groups is 2. The Morgan fingerprint density at radius 1 is 0.270 bits per heavy atom. The van der Waals surface area contributed by atoms with Gasteiger partial charge in [0, 0.05) is 25.7 Å². The molecule has 5 atom stereocenters. The first-order chi connectivity index (χ1) is 48.4. The predicted molar refractivity (Wildman–Crippen MR) is 409 cm³/mol. The highest BCUT2D eigenvalue weighted by Crippen LogP contribution is 2.45. The summed E-state index contributed by atoms with van der Waals surface area (Å²) in [5.41, 5.74) is 0. The van der Waals surface area contributed by atoms with Gasteiger partial charge in [-0.05, 0) is 37.5 Å². The van der Waals surface area contributed by atoms with Crippen LogP contribution < -0.4 is 0 Å². The Labute approximate surface area is 613 Å². The second-order valence-electron chi connectivity index (χ2n) is 30.1. The van der Waals surface area contributed by atoms with Crippen molar-refractivity contribution in [2.75, 3.05) is 39.6 Å². The van der Waals surface area contributed by atoms with E-state index in [0.29, 0.717) is 25.7 Å². The van der Waals surface area contributed by atoms with Gasteiger partial charge in [0.05, 0.1) is 26.4 Å². The molecule has 0 saturated carbocycles. The fourth-order valence-corrected chi connectivity index (χ4v) is 14.1. The van der Waals surface area contributed by atoms with E-state index in [2.05, 4.69) is 41.5 Å². The first kappa shape index (κ1) is 98.1. The summed E-state index contributed by atoms with van der Waals surface area (Å²) in [6.07, 6.45) is 62.3. The predicted octanol–water partition coefficient (Wildman–Crippen LogP) is 24.3. The van der Waals surface area contributed by atoms with E-state index >= 15 is 0 Å². The lowest BCUT2D eigenvalue weighted by atomic mass is 10.0. The van der Waals surface area contributed by atoms with Gasteiger partial charge in [-0.1, -0.05) is 375 Å². The zero-order valence-corrected chi connectivity index (χ0v) is 67.3. The minimum Gasteiger partial charge on any atom is -0.462 e. The molecule has 100 heavy (non-hydrogen) atoms. The molecular weight excluding hydrogens is 1310 g/mol. The summed E-state index contributed by atoms with van der Waals surface area (Å²) in [5.74, 6) is -0.515. The molecule has 0 radical (unpaired) electrons. The normalized spacial score (nSPS) is 13.9. The third-order valence-corrected chi connectivity index (χ3v) is 20.9. The van der Waals surface area contributed by atoms with Crippen LogP contribution in [-0.4, -0.2) is 96.7 Å². The van der Waals surface area contributed by atoms with Crippen LogP contribution in [0.5, 0.6) is 0 Å². The van der Waals surface area contributed by atoms with Crippen LogP contribution >= 0.6 is 15.6 Å². The molecule has 3 N–H and O–H groups in total. The summed E-state index contributed by atoms with van der Waals surface area (Å²) >= 11 is 0. The Hall–Kier alpha value is -1.94. The fourth-order valence-electron chi connectivity index (χ4n) is 12.5. The van der Waals surface area contributed by atoms with Crippen molar-refractivity contribution in [3.8, 4) is 0 Å². The largest absolute Gasteiger partial charge is 0.472 e. The number of rotatable bonds is 80. The van der Waals surface area contributed by atoms with E-state index in [4.69, 9.17) is 37.0 Å². The third kappa shape index (κ3) is 74.3. The summed E-state index contributed by atoms with van der Waals surface area (Å²) < 4.78 is 68.7. The monoisotopic (exact) mass is 1470 g/mol. The van der Waals surface area contributed by atoms with Crippen LogP contribution in [-0.2, 0) is 65.4 Å². The summed E-state index contributed by atoms with van der Waals surface area (Å²) in [5, 5.41) is 10.6. The number of aliphatic hydroxyl groups excluding tert-OH is 1. The molecule has 19 heteroatoms. The number of hydrogen-bond donors (Lipinski definition) is 3. The van der Waals surface area contributed by atoms with Crippen molar-refractivity contribution < 1.29 is 80.2 Å². The summed E-state index contributed by atoms with van der Waals surface area (Å²) in [6, 6.07) is 0. The van der Waals surface area contributed by atoms with Crippen LogP contribution in [0.4, 0.5) is 0 Å². The summed E-state index contributed by atoms with van der Waals surface area (Å²) in [6.45, 7) is 9.68. The fraction of sp³-hybridized carbons (Fsp3) is 0.951. The highest BCUT2D eigenvalue weighted by molar-refractivity contribution is 7.47. The minimum atomic E-state index is -4.96. The highest BCUT2D eigenvalue weighted by atomic mass is 31.2. The van der Waals surface area contributed by atoms with E-state index in [0.717, 1.165) is 102 Å². The molecule has 0 heterocycles. The van der Waals surface area contributed by atoms with E-state index in [1.807, 2.05) is 0 Å². The van der Waals surface area contributed by atoms with Crippen LogP contribution in [0.1, 0.15) is 427 Å². The number of ether oxygens (including phenoxy) is 4. The van der Waals surface area contributed by atoms with E-state index in [1.54, 1.807) is 0 Å². The second kappa shape index (κ2) is 72.6. The average molecular weight is 1470 g/mol. The molecule has 0 fully saturated rings. The zero-order chi connectivity index (χ0) is 73.5. The topological polar surface area (TPSA) is 237 Å². The van der Waals surface area contributed by atoms with Gasteiger partial charge < -0.3 is 33.8 Å². The molecule has 0 aromatic heterocycles. The third-order valence-electron chi connectivity index (χ3n) is 19.0. The van der Waals surface area contributed by atoms with Crippen LogP contribution in [0.15, 0.2) is 0 Å². The van der Waals surface area contributed by atoms with E-state index in [-0.39, 0.29) is 25.7 Å². The maximum absolute atomic E-state index is 13.1. The van der Waals surface area contributed by atoms with Gasteiger partial charge >= 0.3 is 39.5 Å². The first-order valence-corrected chi connectivity index (χ1v) is 45.0. The lowest BCUT2D eigenvalue weighted by molar-refractivity contribution is -0.161. The number of hydrogen-bond acceptors (Lipinski definition) is 15. The quantitative estimate of drug-likeness (QED) is 0.0222. The van der Waals surface area contributed by atoms with E-state index < -0.39 is 97.5 Å². The average Bonchev–Trinajstić information content (AvgIpc) is 0.981. The smallest absolute Gasteiger partial charge is 0.462 e. The Morgan fingerprint density at radius 3 is 0.680 bits per heavy atom. The SMILES string of the molecule is CCCCCCCCCCCCCCCCCC(=O)O[C@H](COC(=O)CCCCCCCCCCCCC)COP(=O)(O)OC[C@H](O)COP(=O)(O)OC[C@@H](COC(=O)CCCCCCCCCCCCCCC(C)C)OC(=O)CCCCCCCCCCCCCCCCCCC(C)C. The minimum absolute atomic E-state index is 0.108. The van der Waals surface area contributed by atoms with Crippen molar-refractivity contribution in [1.29, 1.82) is 0 Å². The van der Waals surface area contributed by atoms with Crippen LogP contribution in [0.2, 0.25) is 0 Å². The van der Waals surface area contributed by atoms with Gasteiger partial charge in [0.1, 0.15) is 19.3 Å². The van der Waals surface area contributed by atoms with Crippen molar-refractivity contribution in [3.63, 3.8) is 0 Å². The van der Waals surface area contributed by atoms with Crippen molar-refractivity contribution >= 4 is 39.5 Å². The standard InChI is InChI=1S/C81H158O17P2/c1-7-9-11-13-15-17-19-20-23-27-35-41-47-53-59-65-80(85)97-76(69-91-78(83)63-57-51-45-39-31-18-16-14-12-10-8-2)71-95-99(87,88)93-67-75(82)68-94-100(89,90)96-72-77(70-92-79(84)64-58-52-46-40-34-30-29-33-38-44-50-56-62-74(5)6)98-81(86)66-60-54-48-42-36-28-25-22-21-24-26-32-37-43-49-55-61-73(3)4/h73-77,82H,7-72H2,1-6H3,(H,87,88)(H,89,90)/t75-,76+,77+/m0/s1. The van der Waals surface area contributed by atoms with E-state index in [9.17, 15) is 43.2 Å². The number of unbranched alkanes of at least 4 members (excludes halogenated alkanes) is 50. The molecule has 0 bridgehead atoms. The van der Waals surface area contributed by atoms with Gasteiger partial charge in [-0.3, -0.25) is 37.3 Å². The molecular formula is C81H158O17P2. The molecule has 0 aromatic carbocycles. The number of carbonyl (C=O) groups is 4. The summed E-state index contributed by atoms with van der Waals surface area (Å²) in [7, 11) is -9.92. The number of carbonyl (C=O) groups excluding carboxylic acids is 4. The Balaban J connectivity index is 5.25. The van der Waals surface area contributed by atoms with Crippen molar-refractivity contribution in [1.82, 2.24) is 0 Å². The molecule has 0 aromatic rings. The Bertz CT molecular complexity index is 1920. The van der Waals surface area contributed by atoms with E-state index in [1.165, 1.54) is 244 Å². The molecule has 0 saturated heterocycles. The molecule has 594 valence electrons. The highest BCUT2D eigenvalue weighted by Gasteiger charge is 2.30. The zero-order valence-electron chi connectivity index (χ0n) is 65.5. The molecule has 0 spiro atoms. The van der Waals surface area contributed by atoms with Gasteiger partial charge in [-0.25, -0.2) is 9.13 Å². The number of esters is 4. The Morgan fingerprint density at radius 2 is 0.460 bits per heavy atom. The molecule has 0 aliphatic rings. The maximum atomic E-state index is 13.1. The molecule has 0 aliphatic heterocycles. The van der Waals surface area contributed by atoms with Gasteiger partial charge in [-0.2, -0.15) is 0 Å². The van der Waals surface area contributed by atoms with Crippen molar-refractivity contribution in [2.24, 2.45) is 11.8 Å². The van der Waals surface area contributed by atoms with Gasteiger partial charge in [0.2, 0.25) is 0 Å². The van der Waals surface area contributed by atoms with Gasteiger partial charge in [-0.15, -0.1) is 0 Å². The maximum Gasteiger partial charge on any atom is 0.472 e. The van der Waals surface area contributed by atoms with Crippen molar-refractivity contribution in [2.45, 2.75) is 445 Å². The number of aliphatic hydroxyl groups is 1. The second-order valence-corrected chi connectivity index (χ2v) is 33.0. The summed E-state index contributed by atoms with van der Waals surface area (Å²) in [4.78, 5) is 73.0. The van der Waals surface area contributed by atoms with Crippen molar-refractivity contribution in [3.05, 3.63) is 0 Å². The van der Waals surface area contributed by atoms with Gasteiger partial charge in [0.15, 0.2) is 12.2 Å². The Kier molecular flexibility index (Phi) is 71.2. The molecule has 17 nitrogen and oxygen atoms in total. The lowest BCUT2D eigenvalue weighted by Gasteiger charge is -2.21. The molecule has 0 rings (SSSR count). The van der Waals surface area contributed by atoms with Crippen LogP contribution in [0, 0.1) is 11.8 Å². The molecule has 2 unspecified atom stereocenters. The first-order valence-electron chi connectivity index (χ1n) is 42.0. The molecule has 0 aliphatic carbocycles. The van der Waals surface area contributed by atoms with Gasteiger partial charge in [0.25, 0.3) is 0 Å². The van der Waals surface area contributed by atoms with Crippen LogP contribution in [0.3, 0.4) is 0 Å². The van der Waals surface area contributed by atoms with Crippen LogP contribution in [0.25, 0.3) is 0 Å². The molecule has 0 amide bonds. The lowest BCUT2D eigenvalue weighted by Crippen LogP contribution is -2.30.